The van der Waals surface area contributed by atoms with Gasteiger partial charge in [0.1, 0.15) is 70.1 Å². The molecule has 0 radical (unpaired) electrons. The summed E-state index contributed by atoms with van der Waals surface area (Å²) in [5.41, 5.74) is 8.80. The maximum Gasteiger partial charge on any atom is 0.415 e. The Morgan fingerprint density at radius 3 is 1.85 bits per heavy atom. The van der Waals surface area contributed by atoms with Gasteiger partial charge in [-0.3, -0.25) is 67.4 Å². The first kappa shape index (κ1) is 100. The molecule has 6 aromatic rings. The number of aliphatic carboxylic acids is 2. The second-order valence-corrected chi connectivity index (χ2v) is 34.7. The van der Waals surface area contributed by atoms with E-state index in [0.29, 0.717) is 70.2 Å². The van der Waals surface area contributed by atoms with Crippen molar-refractivity contribution in [2.75, 3.05) is 89.4 Å². The third kappa shape index (κ3) is 30.0. The fraction of sp³-hybridized carbons (Fsp3) is 0.459. The van der Waals surface area contributed by atoms with Gasteiger partial charge in [-0.15, -0.1) is 23.1 Å². The van der Waals surface area contributed by atoms with E-state index in [-0.39, 0.29) is 125 Å². The van der Waals surface area contributed by atoms with Crippen LogP contribution in [0.2, 0.25) is 0 Å². The van der Waals surface area contributed by atoms with Gasteiger partial charge < -0.3 is 103 Å². The molecule has 37 nitrogen and oxygen atoms in total. The summed E-state index contributed by atoms with van der Waals surface area (Å²) >= 11 is 5.12. The summed E-state index contributed by atoms with van der Waals surface area (Å²) in [5.74, 6) is -10.8. The number of aromatic amines is 1. The number of thiazole rings is 1. The lowest BCUT2D eigenvalue weighted by atomic mass is 9.71. The van der Waals surface area contributed by atoms with Gasteiger partial charge in [0, 0.05) is 103 Å². The molecule has 17 N–H and O–H groups in total. The van der Waals surface area contributed by atoms with Gasteiger partial charge in [-0.1, -0.05) is 74.5 Å². The smallest absolute Gasteiger partial charge is 0.415 e. The highest BCUT2D eigenvalue weighted by Crippen LogP contribution is 2.40. The number of para-hydroxylation sites is 1. The Hall–Kier alpha value is -11.2. The number of thioether (sulfide) groups is 3. The summed E-state index contributed by atoms with van der Waals surface area (Å²) in [6.07, 6.45) is -1.72. The molecule has 9 atom stereocenters. The van der Waals surface area contributed by atoms with Gasteiger partial charge in [0.05, 0.1) is 49.6 Å². The van der Waals surface area contributed by atoms with Gasteiger partial charge in [-0.05, 0) is 124 Å². The Kier molecular flexibility index (Phi) is 38.6. The van der Waals surface area contributed by atoms with E-state index >= 15 is 0 Å². The predicted molar refractivity (Wildman–Crippen MR) is 473 cm³/mol. The van der Waals surface area contributed by atoms with Gasteiger partial charge >= 0.3 is 18.0 Å². The number of aromatic nitrogens is 2. The molecule has 1 aliphatic heterocycles. The van der Waals surface area contributed by atoms with Crippen molar-refractivity contribution in [1.29, 1.82) is 0 Å². The quantitative estimate of drug-likeness (QED) is 0.0148. The number of hydrogen-bond donors (Lipinski definition) is 16. The zero-order chi connectivity index (χ0) is 92.1. The Morgan fingerprint density at radius 1 is 0.635 bits per heavy atom. The molecule has 0 saturated carbocycles. The molecular weight excluding hydrogens is 1710 g/mol. The summed E-state index contributed by atoms with van der Waals surface area (Å²) in [6.45, 7) is 7.06. The molecule has 8 rings (SSSR count). The summed E-state index contributed by atoms with van der Waals surface area (Å²) in [5, 5.41) is 83.2. The van der Waals surface area contributed by atoms with Crippen LogP contribution in [0.25, 0.3) is 21.1 Å². The molecule has 41 heteroatoms. The second-order valence-electron chi connectivity index (χ2n) is 30.7. The average molecular weight is 1820 g/mol. The Labute approximate surface area is 743 Å². The number of phenols is 1. The maximum absolute atomic E-state index is 14.6. The number of likely N-dealkylation sites (N-methyl/N-ethyl adjacent to an activating group) is 1. The van der Waals surface area contributed by atoms with Crippen LogP contribution in [0.3, 0.4) is 0 Å². The fourth-order valence-electron chi connectivity index (χ4n) is 13.7. The summed E-state index contributed by atoms with van der Waals surface area (Å²) in [6, 6.07) is 14.4. The summed E-state index contributed by atoms with van der Waals surface area (Å²) < 4.78 is 18.0. The molecule has 126 heavy (non-hydrogen) atoms. The number of aliphatic hydroxyl groups excluding tert-OH is 2. The number of ketones is 2. The molecule has 10 amide bonds. The van der Waals surface area contributed by atoms with Crippen molar-refractivity contribution in [1.82, 2.24) is 62.3 Å². The number of carbonyl (C=O) groups is 14. The lowest BCUT2D eigenvalue weighted by Crippen LogP contribution is -2.59. The molecule has 2 aliphatic rings. The zero-order valence-electron chi connectivity index (χ0n) is 70.9. The first-order chi connectivity index (χ1) is 59.9. The first-order valence-electron chi connectivity index (χ1n) is 40.4. The van der Waals surface area contributed by atoms with Crippen LogP contribution in [0.4, 0.5) is 4.79 Å². The van der Waals surface area contributed by atoms with Crippen LogP contribution in [0.1, 0.15) is 94.8 Å². The van der Waals surface area contributed by atoms with Gasteiger partial charge in [0.15, 0.2) is 23.9 Å². The molecule has 0 bridgehead atoms. The van der Waals surface area contributed by atoms with Gasteiger partial charge in [-0.25, -0.2) is 14.6 Å². The highest BCUT2D eigenvalue weighted by molar-refractivity contribution is 8.15. The van der Waals surface area contributed by atoms with E-state index in [9.17, 15) is 97.8 Å². The number of aliphatic imine (C=N–C) groups is 1. The molecule has 680 valence electrons. The molecule has 0 fully saturated rings. The zero-order valence-corrected chi connectivity index (χ0v) is 74.1. The molecule has 4 aromatic carbocycles. The third-order valence-electron chi connectivity index (χ3n) is 20.8. The topological polar surface area (TPSA) is 558 Å². The number of aromatic hydroxyl groups is 1. The van der Waals surface area contributed by atoms with Crippen molar-refractivity contribution >= 4 is 156 Å². The number of rotatable bonds is 51. The van der Waals surface area contributed by atoms with Crippen molar-refractivity contribution in [2.24, 2.45) is 16.1 Å². The number of carboxylic acid groups (broad SMARTS) is 2. The van der Waals surface area contributed by atoms with Crippen LogP contribution in [-0.4, -0.2) is 288 Å². The number of Topliss-reactive ketones (excluding diaryl/α,β-unsaturated/α-hetero) is 2. The van der Waals surface area contributed by atoms with Crippen LogP contribution < -0.4 is 53.0 Å². The van der Waals surface area contributed by atoms with Gasteiger partial charge in [-0.2, -0.15) is 23.5 Å². The lowest BCUT2D eigenvalue weighted by Gasteiger charge is -2.36. The molecule has 3 heterocycles. The number of nitrogens with two attached hydrogens (primary N) is 1. The summed E-state index contributed by atoms with van der Waals surface area (Å²) in [7, 11) is 1.63. The van der Waals surface area contributed by atoms with Crippen LogP contribution >= 0.6 is 46.6 Å². The molecule has 2 aromatic heterocycles. The van der Waals surface area contributed by atoms with Gasteiger partial charge in [0.2, 0.25) is 53.2 Å². The summed E-state index contributed by atoms with van der Waals surface area (Å²) in [4.78, 5) is 205. The number of ether oxygens (including phenoxy) is 3. The number of nitrogens with zero attached hydrogens (tertiary/aromatic N) is 4. The fourth-order valence-corrected chi connectivity index (χ4v) is 16.8. The molecule has 1 aliphatic carbocycles. The number of benzene rings is 4. The Morgan fingerprint density at radius 2 is 1.21 bits per heavy atom. The van der Waals surface area contributed by atoms with Crippen molar-refractivity contribution < 1.29 is 112 Å². The van der Waals surface area contributed by atoms with E-state index in [1.165, 1.54) is 75.8 Å². The number of fused-ring (bicyclic) bond motifs is 2. The molecule has 0 spiro atoms. The van der Waals surface area contributed by atoms with E-state index in [2.05, 4.69) is 57.5 Å². The maximum atomic E-state index is 14.6. The molecule has 0 saturated heterocycles. The van der Waals surface area contributed by atoms with Crippen molar-refractivity contribution in [3.63, 3.8) is 0 Å². The Balaban J connectivity index is 0.874. The molecular formula is C85H108N14O23S4. The SMILES string of the molecule is CSCC[C@@H](NC(=O)[C@@H](Cc1ccc(O)cc1)NC(=O)[C@@H](CC(=O)O)NC(=O)CCOCCOCCN(CCN(C)C(O)CC(C)(C)C1=C(C)C(=O)C(C)=C(C)C1=O)C(=O)Oc1ccc2nc(C3=NC(C(=O)O)CS3)sc2c1)C(=O)NCC(=O)N[C@H](Cc1c[nH]c2ccccc12)C(=O)N[C@H](CCSC)C(=O)N[C@H](CC(O)O)C(=O)N[C@H](Cc1ccccc1)C(N)=O. The van der Waals surface area contributed by atoms with Crippen LogP contribution in [0.15, 0.2) is 131 Å². The van der Waals surface area contributed by atoms with Crippen molar-refractivity contribution in [2.45, 2.75) is 153 Å². The standard InChI is InChI=1S/C85H108N14O23S4/c1-46-47(2)73(109)71(48(3)72(46)108)85(4,5)42-68(103)98(6)27-28-99(84(119)122-53-22-23-56-65(39-53)126-82(96-56)81-97-64(45-125-81)83(117)118)29-31-121-33-32-120-30-24-66(101)89-62(40-69(104)105)79(115)94-60(37-50-18-20-52(100)21-19-50)77(113)91-57(25-34-123-7)75(111)88-44-67(102)90-61(38-51-43-87-55-17-13-12-16-54(51)55)78(114)92-58(26-35-124-8)76(112)95-63(41-70(106)107)80(116)93-59(74(86)110)36-49-14-10-9-11-15-49/h9-23,39,43,57-64,68,70,87,100,103,106-107H,24-38,40-42,44-45H2,1-8H3,(H2,86,110)(H,88,111)(H,89,101)(H,90,102)(H,91,113)(H,92,114)(H,93,116)(H,94,115)(H,95,112)(H,104,105)(H,117,118)/t57-,58-,59-,60-,61-,62-,63-,64?,68?/m1/s1. The van der Waals surface area contributed by atoms with Crippen LogP contribution in [0.5, 0.6) is 11.5 Å². The van der Waals surface area contributed by atoms with E-state index in [0.717, 1.165) is 0 Å². The number of allylic oxidation sites excluding steroid dienone is 4. The minimum absolute atomic E-state index is 0.0118. The van der Waals surface area contributed by atoms with E-state index in [4.69, 9.17) is 19.9 Å². The van der Waals surface area contributed by atoms with Crippen molar-refractivity contribution in [3.8, 4) is 11.5 Å². The number of primary amides is 1. The van der Waals surface area contributed by atoms with E-state index < -0.39 is 163 Å². The minimum Gasteiger partial charge on any atom is -0.508 e. The van der Waals surface area contributed by atoms with Crippen molar-refractivity contribution in [3.05, 3.63) is 147 Å². The van der Waals surface area contributed by atoms with E-state index in [1.807, 2.05) is 0 Å². The average Bonchev–Trinajstić information content (AvgIpc) is 1.11. The van der Waals surface area contributed by atoms with Gasteiger partial charge in [0.25, 0.3) is 0 Å². The van der Waals surface area contributed by atoms with Crippen LogP contribution in [-0.2, 0) is 91.1 Å². The number of aliphatic hydroxyl groups is 3. The molecule has 2 unspecified atom stereocenters. The van der Waals surface area contributed by atoms with E-state index in [1.54, 1.807) is 138 Å². The largest absolute Gasteiger partial charge is 0.508 e. The monoisotopic (exact) mass is 1820 g/mol. The number of hydrogen-bond acceptors (Lipinski definition) is 28. The normalized spacial score (nSPS) is 15.5. The number of carbonyl (C=O) groups excluding carboxylic acids is 12. The lowest BCUT2D eigenvalue weighted by molar-refractivity contribution is -0.141. The predicted octanol–water partition coefficient (Wildman–Crippen LogP) is 2.53. The number of amides is 10. The highest BCUT2D eigenvalue weighted by Gasteiger charge is 2.41. The number of carboxylic acids is 2. The van der Waals surface area contributed by atoms with Crippen LogP contribution in [0, 0.1) is 5.41 Å². The highest BCUT2D eigenvalue weighted by atomic mass is 32.2. The number of phenolic OH excluding ortho intramolecular Hbond substituents is 1. The second kappa shape index (κ2) is 48.5. The third-order valence-corrected chi connectivity index (χ3v) is 24.3. The minimum atomic E-state index is -2.13. The number of nitrogens with one attached hydrogen (secondary N) is 9. The first-order valence-corrected chi connectivity index (χ1v) is 45.0. The Bertz CT molecular complexity index is 5000. The number of H-pyrrole nitrogens is 1.